The summed E-state index contributed by atoms with van der Waals surface area (Å²) in [6, 6.07) is 13.2. The number of phenols is 2. The zero-order chi connectivity index (χ0) is 13.7. The van der Waals surface area contributed by atoms with E-state index in [9.17, 15) is 10.2 Å². The highest BCUT2D eigenvalue weighted by molar-refractivity contribution is 5.53. The molecule has 0 fully saturated rings. The number of phenolic OH excluding ortho intramolecular Hbond substituents is 2. The second-order valence-corrected chi connectivity index (χ2v) is 4.55. The molecule has 2 aromatic carbocycles. The molecule has 0 spiro atoms. The van der Waals surface area contributed by atoms with Gasteiger partial charge in [-0.25, -0.2) is 0 Å². The smallest absolute Gasteiger partial charge is 0.162 e. The van der Waals surface area contributed by atoms with Gasteiger partial charge in [-0.05, 0) is 24.1 Å². The molecule has 19 heavy (non-hydrogen) atoms. The van der Waals surface area contributed by atoms with Gasteiger partial charge in [0.05, 0.1) is 0 Å². The molecule has 0 amide bonds. The zero-order valence-electron chi connectivity index (χ0n) is 11.1. The summed E-state index contributed by atoms with van der Waals surface area (Å²) < 4.78 is 0. The molecular weight excluding hydrogens is 238 g/mol. The minimum absolute atomic E-state index is 0.0528. The number of hydrogen-bond acceptors (Lipinski definition) is 3. The Hall–Kier alpha value is -2.16. The van der Waals surface area contributed by atoms with E-state index in [0.29, 0.717) is 12.1 Å². The van der Waals surface area contributed by atoms with Crippen molar-refractivity contribution < 1.29 is 10.2 Å². The summed E-state index contributed by atoms with van der Waals surface area (Å²) in [4.78, 5) is 0. The summed E-state index contributed by atoms with van der Waals surface area (Å²) in [6.07, 6.45) is 2.12. The summed E-state index contributed by atoms with van der Waals surface area (Å²) in [5, 5.41) is 22.5. The topological polar surface area (TPSA) is 52.5 Å². The maximum Gasteiger partial charge on any atom is 0.162 e. The number of aromatic hydroxyl groups is 2. The first-order valence-corrected chi connectivity index (χ1v) is 6.54. The second kappa shape index (κ2) is 6.14. The van der Waals surface area contributed by atoms with Crippen LogP contribution in [-0.2, 0) is 13.0 Å². The molecule has 0 bridgehead atoms. The molecular formula is C16H19NO2. The van der Waals surface area contributed by atoms with Gasteiger partial charge in [0.25, 0.3) is 0 Å². The fraction of sp³-hybridized carbons (Fsp3) is 0.250. The quantitative estimate of drug-likeness (QED) is 0.716. The number of hydrogen-bond donors (Lipinski definition) is 3. The predicted molar refractivity (Wildman–Crippen MR) is 77.5 cm³/mol. The first kappa shape index (κ1) is 13.3. The Bertz CT molecular complexity index is 552. The molecule has 0 heterocycles. The largest absolute Gasteiger partial charge is 0.504 e. The molecule has 3 N–H and O–H groups in total. The van der Waals surface area contributed by atoms with Crippen molar-refractivity contribution in [2.75, 3.05) is 5.32 Å². The molecule has 3 nitrogen and oxygen atoms in total. The number of aryl methyl sites for hydroxylation is 1. The van der Waals surface area contributed by atoms with Crippen molar-refractivity contribution in [1.82, 2.24) is 0 Å². The van der Waals surface area contributed by atoms with Crippen molar-refractivity contribution in [2.45, 2.75) is 26.3 Å². The maximum atomic E-state index is 9.76. The minimum atomic E-state index is -0.0823. The minimum Gasteiger partial charge on any atom is -0.504 e. The van der Waals surface area contributed by atoms with Gasteiger partial charge >= 0.3 is 0 Å². The zero-order valence-corrected chi connectivity index (χ0v) is 11.1. The van der Waals surface area contributed by atoms with Crippen LogP contribution in [0.25, 0.3) is 0 Å². The van der Waals surface area contributed by atoms with E-state index in [1.165, 1.54) is 11.6 Å². The van der Waals surface area contributed by atoms with Crippen LogP contribution in [0, 0.1) is 0 Å². The summed E-state index contributed by atoms with van der Waals surface area (Å²) in [5.41, 5.74) is 3.03. The first-order chi connectivity index (χ1) is 9.22. The van der Waals surface area contributed by atoms with Crippen LogP contribution in [0.15, 0.2) is 42.5 Å². The highest BCUT2D eigenvalue weighted by atomic mass is 16.3. The SMILES string of the molecule is CCCc1ccccc1NCc1cccc(O)c1O. The summed E-state index contributed by atoms with van der Waals surface area (Å²) in [6.45, 7) is 2.64. The van der Waals surface area contributed by atoms with Crippen LogP contribution in [0.4, 0.5) is 5.69 Å². The van der Waals surface area contributed by atoms with Crippen molar-refractivity contribution in [1.29, 1.82) is 0 Å². The normalized spacial score (nSPS) is 10.4. The van der Waals surface area contributed by atoms with Gasteiger partial charge in [-0.2, -0.15) is 0 Å². The summed E-state index contributed by atoms with van der Waals surface area (Å²) >= 11 is 0. The highest BCUT2D eigenvalue weighted by Crippen LogP contribution is 2.29. The highest BCUT2D eigenvalue weighted by Gasteiger charge is 2.06. The fourth-order valence-electron chi connectivity index (χ4n) is 2.09. The Kier molecular flexibility index (Phi) is 4.29. The lowest BCUT2D eigenvalue weighted by Gasteiger charge is -2.12. The van der Waals surface area contributed by atoms with E-state index in [0.717, 1.165) is 18.5 Å². The van der Waals surface area contributed by atoms with Gasteiger partial charge in [0, 0.05) is 17.8 Å². The number of para-hydroxylation sites is 2. The van der Waals surface area contributed by atoms with E-state index in [2.05, 4.69) is 18.3 Å². The first-order valence-electron chi connectivity index (χ1n) is 6.54. The number of benzene rings is 2. The van der Waals surface area contributed by atoms with Crippen LogP contribution in [0.1, 0.15) is 24.5 Å². The lowest BCUT2D eigenvalue weighted by molar-refractivity contribution is 0.400. The van der Waals surface area contributed by atoms with Crippen LogP contribution in [0.5, 0.6) is 11.5 Å². The van der Waals surface area contributed by atoms with Crippen molar-refractivity contribution in [3.05, 3.63) is 53.6 Å². The molecule has 0 saturated heterocycles. The van der Waals surface area contributed by atoms with Crippen LogP contribution < -0.4 is 5.32 Å². The van der Waals surface area contributed by atoms with E-state index >= 15 is 0 Å². The van der Waals surface area contributed by atoms with Gasteiger partial charge in [0.2, 0.25) is 0 Å². The predicted octanol–water partition coefficient (Wildman–Crippen LogP) is 3.66. The van der Waals surface area contributed by atoms with Crippen molar-refractivity contribution >= 4 is 5.69 Å². The van der Waals surface area contributed by atoms with Crippen LogP contribution >= 0.6 is 0 Å². The molecule has 0 atom stereocenters. The Labute approximate surface area is 113 Å². The van der Waals surface area contributed by atoms with Gasteiger partial charge in [-0.15, -0.1) is 0 Å². The third-order valence-electron chi connectivity index (χ3n) is 3.10. The third kappa shape index (κ3) is 3.19. The molecule has 0 aromatic heterocycles. The Morgan fingerprint density at radius 3 is 2.47 bits per heavy atom. The lowest BCUT2D eigenvalue weighted by atomic mass is 10.1. The second-order valence-electron chi connectivity index (χ2n) is 4.55. The molecule has 0 aliphatic carbocycles. The molecule has 2 rings (SSSR count). The molecule has 100 valence electrons. The van der Waals surface area contributed by atoms with Crippen LogP contribution in [0.3, 0.4) is 0 Å². The summed E-state index contributed by atoms with van der Waals surface area (Å²) in [5.74, 6) is -0.135. The summed E-state index contributed by atoms with van der Waals surface area (Å²) in [7, 11) is 0. The molecule has 0 radical (unpaired) electrons. The Morgan fingerprint density at radius 1 is 0.947 bits per heavy atom. The van der Waals surface area contributed by atoms with Gasteiger partial charge in [-0.3, -0.25) is 0 Å². The number of nitrogens with one attached hydrogen (secondary N) is 1. The van der Waals surface area contributed by atoms with E-state index in [1.54, 1.807) is 12.1 Å². The van der Waals surface area contributed by atoms with Crippen molar-refractivity contribution in [3.8, 4) is 11.5 Å². The van der Waals surface area contributed by atoms with E-state index in [-0.39, 0.29) is 11.5 Å². The van der Waals surface area contributed by atoms with Crippen molar-refractivity contribution in [3.63, 3.8) is 0 Å². The van der Waals surface area contributed by atoms with E-state index < -0.39 is 0 Å². The van der Waals surface area contributed by atoms with Gasteiger partial charge in [0.1, 0.15) is 0 Å². The van der Waals surface area contributed by atoms with Crippen LogP contribution in [0.2, 0.25) is 0 Å². The third-order valence-corrected chi connectivity index (χ3v) is 3.10. The Morgan fingerprint density at radius 2 is 1.68 bits per heavy atom. The molecule has 3 heteroatoms. The Balaban J connectivity index is 2.12. The maximum absolute atomic E-state index is 9.76. The van der Waals surface area contributed by atoms with Crippen molar-refractivity contribution in [2.24, 2.45) is 0 Å². The average Bonchev–Trinajstić information content (AvgIpc) is 2.42. The number of rotatable bonds is 5. The molecule has 0 saturated carbocycles. The van der Waals surface area contributed by atoms with E-state index in [4.69, 9.17) is 0 Å². The number of anilines is 1. The monoisotopic (exact) mass is 257 g/mol. The van der Waals surface area contributed by atoms with Gasteiger partial charge in [-0.1, -0.05) is 43.7 Å². The molecule has 0 aliphatic heterocycles. The average molecular weight is 257 g/mol. The van der Waals surface area contributed by atoms with Gasteiger partial charge in [0.15, 0.2) is 11.5 Å². The van der Waals surface area contributed by atoms with E-state index in [1.807, 2.05) is 18.2 Å². The standard InChI is InChI=1S/C16H19NO2/c1-2-6-12-7-3-4-9-14(12)17-11-13-8-5-10-15(18)16(13)19/h3-5,7-10,17-19H,2,6,11H2,1H3. The molecule has 0 aliphatic rings. The lowest BCUT2D eigenvalue weighted by Crippen LogP contribution is -2.02. The molecule has 2 aromatic rings. The van der Waals surface area contributed by atoms with Crippen LogP contribution in [-0.4, -0.2) is 10.2 Å². The fourth-order valence-corrected chi connectivity index (χ4v) is 2.09. The molecule has 0 unspecified atom stereocenters. The van der Waals surface area contributed by atoms with Gasteiger partial charge < -0.3 is 15.5 Å².